The molecule has 0 radical (unpaired) electrons. The maximum absolute atomic E-state index is 6.41. The maximum Gasteiger partial charge on any atom is 0.178 e. The number of aromatic amines is 1. The van der Waals surface area contributed by atoms with Crippen molar-refractivity contribution in [2.24, 2.45) is 5.73 Å². The largest absolute Gasteiger partial charge is 0.381 e. The molecular formula is C25H29ClN6O. The lowest BCUT2D eigenvalue weighted by atomic mass is 9.94. The molecule has 0 bridgehead atoms. The Morgan fingerprint density at radius 3 is 2.82 bits per heavy atom. The molecule has 6 rings (SSSR count). The Bertz CT molecular complexity index is 1260. The van der Waals surface area contributed by atoms with Crippen LogP contribution >= 0.6 is 12.4 Å². The highest BCUT2D eigenvalue weighted by molar-refractivity contribution is 5.91. The molecule has 1 atom stereocenters. The highest BCUT2D eigenvalue weighted by atomic mass is 35.5. The summed E-state index contributed by atoms with van der Waals surface area (Å²) in [4.78, 5) is 12.8. The molecule has 2 aliphatic rings. The summed E-state index contributed by atoms with van der Waals surface area (Å²) < 4.78 is 7.53. The number of fused-ring (bicyclic) bond motifs is 2. The van der Waals surface area contributed by atoms with E-state index in [9.17, 15) is 0 Å². The predicted octanol–water partition coefficient (Wildman–Crippen LogP) is 4.99. The van der Waals surface area contributed by atoms with Crippen LogP contribution in [0.2, 0.25) is 0 Å². The molecule has 8 heteroatoms. The van der Waals surface area contributed by atoms with Crippen molar-refractivity contribution in [1.82, 2.24) is 24.7 Å². The average Bonchev–Trinajstić information content (AvgIpc) is 3.45. The third-order valence-corrected chi connectivity index (χ3v) is 6.90. The normalized spacial score (nSPS) is 19.1. The van der Waals surface area contributed by atoms with E-state index in [1.807, 2.05) is 12.4 Å². The molecule has 4 aromatic rings. The zero-order valence-corrected chi connectivity index (χ0v) is 19.4. The van der Waals surface area contributed by atoms with Crippen LogP contribution in [0.5, 0.6) is 0 Å². The Morgan fingerprint density at radius 1 is 1.06 bits per heavy atom. The van der Waals surface area contributed by atoms with E-state index in [2.05, 4.69) is 50.2 Å². The summed E-state index contributed by atoms with van der Waals surface area (Å²) >= 11 is 0. The van der Waals surface area contributed by atoms with Crippen LogP contribution in [-0.2, 0) is 11.2 Å². The molecule has 33 heavy (non-hydrogen) atoms. The van der Waals surface area contributed by atoms with E-state index in [1.165, 1.54) is 29.5 Å². The topological polar surface area (TPSA) is 94.6 Å². The standard InChI is InChI=1S/C25H28N6O.ClH/c26-22-4-2-1-3-16-13-17(5-6-20(16)22)21-7-10-27-25-23(21)29-24(30-25)18-14-28-31(15-18)19-8-11-32-12-9-19;/h5-7,10,13-15,19,22H,1-4,8-9,11-12,26H2,(H,27,29,30);1H. The molecular weight excluding hydrogens is 436 g/mol. The van der Waals surface area contributed by atoms with Gasteiger partial charge in [-0.25, -0.2) is 9.97 Å². The Kier molecular flexibility index (Phi) is 6.19. The molecule has 3 N–H and O–H groups in total. The molecule has 0 saturated carbocycles. The van der Waals surface area contributed by atoms with Gasteiger partial charge in [-0.15, -0.1) is 12.4 Å². The monoisotopic (exact) mass is 464 g/mol. The number of hydrogen-bond donors (Lipinski definition) is 2. The number of rotatable bonds is 3. The van der Waals surface area contributed by atoms with E-state index in [0.29, 0.717) is 6.04 Å². The minimum atomic E-state index is 0. The zero-order valence-electron chi connectivity index (χ0n) is 18.5. The zero-order chi connectivity index (χ0) is 21.5. The first-order valence-electron chi connectivity index (χ1n) is 11.6. The molecule has 1 fully saturated rings. The summed E-state index contributed by atoms with van der Waals surface area (Å²) in [7, 11) is 0. The Hall–Kier alpha value is -2.74. The van der Waals surface area contributed by atoms with Gasteiger partial charge in [-0.05, 0) is 54.9 Å². The van der Waals surface area contributed by atoms with E-state index >= 15 is 0 Å². The van der Waals surface area contributed by atoms with Gasteiger partial charge in [-0.3, -0.25) is 4.68 Å². The van der Waals surface area contributed by atoms with Crippen molar-refractivity contribution in [3.63, 3.8) is 0 Å². The van der Waals surface area contributed by atoms with Gasteiger partial charge in [0.05, 0.1) is 23.3 Å². The van der Waals surface area contributed by atoms with Crippen LogP contribution in [-0.4, -0.2) is 37.9 Å². The van der Waals surface area contributed by atoms with Gasteiger partial charge in [-0.1, -0.05) is 24.6 Å². The fraction of sp³-hybridized carbons (Fsp3) is 0.400. The fourth-order valence-electron chi connectivity index (χ4n) is 5.08. The number of aromatic nitrogens is 5. The second-order valence-electron chi connectivity index (χ2n) is 8.96. The summed E-state index contributed by atoms with van der Waals surface area (Å²) in [5.41, 5.74) is 14.0. The van der Waals surface area contributed by atoms with Gasteiger partial charge in [0.15, 0.2) is 5.65 Å². The number of halogens is 1. The molecule has 1 unspecified atom stereocenters. The number of nitrogens with two attached hydrogens (primary N) is 1. The Balaban J connectivity index is 0.00000228. The van der Waals surface area contributed by atoms with Crippen LogP contribution in [0.3, 0.4) is 0 Å². The maximum atomic E-state index is 6.41. The first-order valence-corrected chi connectivity index (χ1v) is 11.6. The summed E-state index contributed by atoms with van der Waals surface area (Å²) in [6, 6.07) is 9.30. The van der Waals surface area contributed by atoms with E-state index in [1.54, 1.807) is 0 Å². The summed E-state index contributed by atoms with van der Waals surface area (Å²) in [6.45, 7) is 1.59. The highest BCUT2D eigenvalue weighted by Gasteiger charge is 2.20. The molecule has 172 valence electrons. The van der Waals surface area contributed by atoms with Gasteiger partial charge in [0.2, 0.25) is 0 Å². The van der Waals surface area contributed by atoms with Crippen molar-refractivity contribution < 1.29 is 4.74 Å². The molecule has 3 aromatic heterocycles. The molecule has 0 spiro atoms. The molecule has 1 aromatic carbocycles. The quantitative estimate of drug-likeness (QED) is 0.416. The fourth-order valence-corrected chi connectivity index (χ4v) is 5.08. The number of nitrogens with one attached hydrogen (secondary N) is 1. The van der Waals surface area contributed by atoms with E-state index in [4.69, 9.17) is 15.5 Å². The van der Waals surface area contributed by atoms with Crippen LogP contribution in [0.25, 0.3) is 33.7 Å². The van der Waals surface area contributed by atoms with Gasteiger partial charge in [-0.2, -0.15) is 5.10 Å². The van der Waals surface area contributed by atoms with E-state index in [-0.39, 0.29) is 18.4 Å². The Morgan fingerprint density at radius 2 is 1.94 bits per heavy atom. The van der Waals surface area contributed by atoms with Crippen molar-refractivity contribution in [1.29, 1.82) is 0 Å². The van der Waals surface area contributed by atoms with Gasteiger partial charge in [0, 0.05) is 37.2 Å². The van der Waals surface area contributed by atoms with Crippen LogP contribution in [0.1, 0.15) is 55.3 Å². The molecule has 0 amide bonds. The number of aryl methyl sites for hydroxylation is 1. The smallest absolute Gasteiger partial charge is 0.178 e. The second kappa shape index (κ2) is 9.25. The summed E-state index contributed by atoms with van der Waals surface area (Å²) in [5, 5.41) is 4.60. The van der Waals surface area contributed by atoms with E-state index in [0.717, 1.165) is 67.0 Å². The van der Waals surface area contributed by atoms with Gasteiger partial charge < -0.3 is 15.5 Å². The third-order valence-electron chi connectivity index (χ3n) is 6.90. The lowest BCUT2D eigenvalue weighted by molar-refractivity contribution is 0.0662. The van der Waals surface area contributed by atoms with Crippen molar-refractivity contribution in [3.05, 3.63) is 54.0 Å². The van der Waals surface area contributed by atoms with Gasteiger partial charge in [0.25, 0.3) is 0 Å². The molecule has 1 aliphatic carbocycles. The molecule has 1 aliphatic heterocycles. The van der Waals surface area contributed by atoms with Crippen molar-refractivity contribution in [2.45, 2.75) is 50.6 Å². The predicted molar refractivity (Wildman–Crippen MR) is 131 cm³/mol. The van der Waals surface area contributed by atoms with Crippen molar-refractivity contribution in [3.8, 4) is 22.5 Å². The third kappa shape index (κ3) is 4.16. The van der Waals surface area contributed by atoms with Gasteiger partial charge >= 0.3 is 0 Å². The minimum Gasteiger partial charge on any atom is -0.381 e. The van der Waals surface area contributed by atoms with Crippen LogP contribution in [0, 0.1) is 0 Å². The number of hydrogen-bond acceptors (Lipinski definition) is 5. The number of imidazole rings is 1. The average molecular weight is 465 g/mol. The van der Waals surface area contributed by atoms with E-state index < -0.39 is 0 Å². The highest BCUT2D eigenvalue weighted by Crippen LogP contribution is 2.34. The lowest BCUT2D eigenvalue weighted by Crippen LogP contribution is -2.19. The van der Waals surface area contributed by atoms with Crippen LogP contribution in [0.4, 0.5) is 0 Å². The molecule has 1 saturated heterocycles. The van der Waals surface area contributed by atoms with Crippen molar-refractivity contribution >= 4 is 23.6 Å². The number of benzene rings is 1. The summed E-state index contributed by atoms with van der Waals surface area (Å²) in [5.74, 6) is 0.801. The Labute approximate surface area is 199 Å². The van der Waals surface area contributed by atoms with Crippen LogP contribution in [0.15, 0.2) is 42.9 Å². The number of nitrogens with zero attached hydrogens (tertiary/aromatic N) is 4. The second-order valence-corrected chi connectivity index (χ2v) is 8.96. The number of H-pyrrole nitrogens is 1. The first-order chi connectivity index (χ1) is 15.8. The van der Waals surface area contributed by atoms with Crippen LogP contribution < -0.4 is 5.73 Å². The first kappa shape index (κ1) is 22.1. The van der Waals surface area contributed by atoms with Crippen molar-refractivity contribution in [2.75, 3.05) is 13.2 Å². The number of ether oxygens (including phenoxy) is 1. The summed E-state index contributed by atoms with van der Waals surface area (Å²) in [6.07, 6.45) is 12.3. The lowest BCUT2D eigenvalue weighted by Gasteiger charge is -2.22. The van der Waals surface area contributed by atoms with Gasteiger partial charge in [0.1, 0.15) is 5.82 Å². The number of pyridine rings is 1. The molecule has 7 nitrogen and oxygen atoms in total. The molecule has 4 heterocycles. The SMILES string of the molecule is Cl.NC1CCCCc2cc(-c3ccnc4nc(-c5cnn(C6CCOCC6)c5)[nH]c34)ccc21. The minimum absolute atomic E-state index is 0.